The third kappa shape index (κ3) is 3.63. The molecule has 0 fully saturated rings. The predicted molar refractivity (Wildman–Crippen MR) is 77.7 cm³/mol. The molecular weight excluding hydrogens is 307 g/mol. The van der Waals surface area contributed by atoms with Crippen molar-refractivity contribution in [2.24, 2.45) is 0 Å². The molecular formula is C14H9Cl3O2. The van der Waals surface area contributed by atoms with Crippen molar-refractivity contribution in [2.45, 2.75) is 0 Å². The van der Waals surface area contributed by atoms with Gasteiger partial charge in [0.2, 0.25) is 0 Å². The van der Waals surface area contributed by atoms with Gasteiger partial charge < -0.3 is 4.74 Å². The summed E-state index contributed by atoms with van der Waals surface area (Å²) in [7, 11) is 0. The number of hydrogen-bond acceptors (Lipinski definition) is 2. The topological polar surface area (TPSA) is 26.3 Å². The monoisotopic (exact) mass is 314 g/mol. The van der Waals surface area contributed by atoms with Crippen molar-refractivity contribution in [1.82, 2.24) is 0 Å². The third-order valence-corrected chi connectivity index (χ3v) is 3.24. The average molecular weight is 316 g/mol. The van der Waals surface area contributed by atoms with E-state index in [9.17, 15) is 4.79 Å². The van der Waals surface area contributed by atoms with E-state index in [0.717, 1.165) is 0 Å². The van der Waals surface area contributed by atoms with Gasteiger partial charge in [-0.3, -0.25) is 4.79 Å². The van der Waals surface area contributed by atoms with Crippen molar-refractivity contribution in [3.63, 3.8) is 0 Å². The van der Waals surface area contributed by atoms with E-state index in [-0.39, 0.29) is 12.4 Å². The molecule has 0 spiro atoms. The number of halogens is 3. The maximum Gasteiger partial charge on any atom is 0.200 e. The Labute approximate surface area is 125 Å². The summed E-state index contributed by atoms with van der Waals surface area (Å²) in [6.07, 6.45) is 0. The van der Waals surface area contributed by atoms with E-state index in [1.54, 1.807) is 42.5 Å². The van der Waals surface area contributed by atoms with Crippen LogP contribution in [0.1, 0.15) is 10.4 Å². The van der Waals surface area contributed by atoms with E-state index in [0.29, 0.717) is 26.4 Å². The smallest absolute Gasteiger partial charge is 0.200 e. The lowest BCUT2D eigenvalue weighted by molar-refractivity contribution is 0.0921. The Morgan fingerprint density at radius 2 is 1.63 bits per heavy atom. The first-order valence-corrected chi connectivity index (χ1v) is 6.57. The molecule has 0 aliphatic heterocycles. The number of carbonyl (C=O) groups excluding carboxylic acids is 1. The molecule has 19 heavy (non-hydrogen) atoms. The van der Waals surface area contributed by atoms with Gasteiger partial charge in [-0.05, 0) is 24.3 Å². The molecule has 0 aromatic heterocycles. The molecule has 0 aliphatic rings. The zero-order chi connectivity index (χ0) is 13.8. The van der Waals surface area contributed by atoms with Gasteiger partial charge >= 0.3 is 0 Å². The van der Waals surface area contributed by atoms with E-state index in [2.05, 4.69) is 0 Å². The number of hydrogen-bond donors (Lipinski definition) is 0. The number of rotatable bonds is 4. The van der Waals surface area contributed by atoms with Gasteiger partial charge in [0.05, 0.1) is 10.0 Å². The third-order valence-electron chi connectivity index (χ3n) is 2.41. The summed E-state index contributed by atoms with van der Waals surface area (Å²) in [6, 6.07) is 11.7. The lowest BCUT2D eigenvalue weighted by Gasteiger charge is -2.09. The van der Waals surface area contributed by atoms with Gasteiger partial charge in [0.1, 0.15) is 0 Å². The SMILES string of the molecule is O=C(COc1c(Cl)cccc1Cl)c1cccc(Cl)c1. The van der Waals surface area contributed by atoms with Crippen LogP contribution in [0.3, 0.4) is 0 Å². The first-order valence-electron chi connectivity index (χ1n) is 5.43. The highest BCUT2D eigenvalue weighted by atomic mass is 35.5. The van der Waals surface area contributed by atoms with Gasteiger partial charge in [0.25, 0.3) is 0 Å². The van der Waals surface area contributed by atoms with Crippen molar-refractivity contribution in [2.75, 3.05) is 6.61 Å². The molecule has 0 N–H and O–H groups in total. The highest BCUT2D eigenvalue weighted by Crippen LogP contribution is 2.32. The number of Topliss-reactive ketones (excluding diaryl/α,β-unsaturated/α-hetero) is 1. The fourth-order valence-electron chi connectivity index (χ4n) is 1.50. The van der Waals surface area contributed by atoms with Crippen LogP contribution in [-0.2, 0) is 0 Å². The number of benzene rings is 2. The van der Waals surface area contributed by atoms with Crippen LogP contribution in [0.5, 0.6) is 5.75 Å². The molecule has 0 radical (unpaired) electrons. The van der Waals surface area contributed by atoms with E-state index in [1.807, 2.05) is 0 Å². The Kier molecular flexibility index (Phi) is 4.70. The van der Waals surface area contributed by atoms with Crippen LogP contribution in [0.2, 0.25) is 15.1 Å². The molecule has 2 aromatic carbocycles. The molecule has 0 bridgehead atoms. The van der Waals surface area contributed by atoms with Crippen LogP contribution in [0, 0.1) is 0 Å². The van der Waals surface area contributed by atoms with Crippen molar-refractivity contribution < 1.29 is 9.53 Å². The Bertz CT molecular complexity index is 591. The minimum absolute atomic E-state index is 0.149. The highest BCUT2D eigenvalue weighted by molar-refractivity contribution is 6.37. The maximum atomic E-state index is 11.9. The first-order chi connectivity index (χ1) is 9.08. The zero-order valence-electron chi connectivity index (χ0n) is 9.70. The van der Waals surface area contributed by atoms with Crippen LogP contribution in [0.25, 0.3) is 0 Å². The normalized spacial score (nSPS) is 10.3. The quantitative estimate of drug-likeness (QED) is 0.749. The zero-order valence-corrected chi connectivity index (χ0v) is 12.0. The molecule has 5 heteroatoms. The molecule has 0 saturated carbocycles. The molecule has 98 valence electrons. The van der Waals surface area contributed by atoms with Crippen LogP contribution in [-0.4, -0.2) is 12.4 Å². The van der Waals surface area contributed by atoms with E-state index in [1.165, 1.54) is 0 Å². The van der Waals surface area contributed by atoms with Crippen molar-refractivity contribution in [3.05, 3.63) is 63.1 Å². The fraction of sp³-hybridized carbons (Fsp3) is 0.0714. The summed E-state index contributed by atoms with van der Waals surface area (Å²) in [4.78, 5) is 11.9. The summed E-state index contributed by atoms with van der Waals surface area (Å²) in [5.41, 5.74) is 0.482. The summed E-state index contributed by atoms with van der Waals surface area (Å²) in [6.45, 7) is -0.149. The second-order valence-corrected chi connectivity index (χ2v) is 5.02. The molecule has 2 aromatic rings. The minimum atomic E-state index is -0.196. The van der Waals surface area contributed by atoms with E-state index < -0.39 is 0 Å². The van der Waals surface area contributed by atoms with Crippen LogP contribution in [0.15, 0.2) is 42.5 Å². The first kappa shape index (κ1) is 14.2. The molecule has 0 aliphatic carbocycles. The fourth-order valence-corrected chi connectivity index (χ4v) is 2.20. The lowest BCUT2D eigenvalue weighted by Crippen LogP contribution is -2.11. The number of ether oxygens (including phenoxy) is 1. The minimum Gasteiger partial charge on any atom is -0.482 e. The van der Waals surface area contributed by atoms with Crippen molar-refractivity contribution in [3.8, 4) is 5.75 Å². The summed E-state index contributed by atoms with van der Waals surface area (Å²) in [5, 5.41) is 1.24. The van der Waals surface area contributed by atoms with Crippen LogP contribution < -0.4 is 4.74 Å². The Balaban J connectivity index is 2.09. The summed E-state index contributed by atoms with van der Waals surface area (Å²) >= 11 is 17.7. The van der Waals surface area contributed by atoms with Gasteiger partial charge in [0, 0.05) is 10.6 Å². The maximum absolute atomic E-state index is 11.9. The molecule has 0 amide bonds. The van der Waals surface area contributed by atoms with Gasteiger partial charge in [0.15, 0.2) is 18.1 Å². The standard InChI is InChI=1S/C14H9Cl3O2/c15-10-4-1-3-9(7-10)13(18)8-19-14-11(16)5-2-6-12(14)17/h1-7H,8H2. The van der Waals surface area contributed by atoms with Crippen LogP contribution in [0.4, 0.5) is 0 Å². The molecule has 2 nitrogen and oxygen atoms in total. The predicted octanol–water partition coefficient (Wildman–Crippen LogP) is 4.91. The summed E-state index contributed by atoms with van der Waals surface area (Å²) < 4.78 is 5.37. The lowest BCUT2D eigenvalue weighted by atomic mass is 10.1. The van der Waals surface area contributed by atoms with Crippen molar-refractivity contribution >= 4 is 40.6 Å². The van der Waals surface area contributed by atoms with Gasteiger partial charge in [-0.25, -0.2) is 0 Å². The van der Waals surface area contributed by atoms with Gasteiger partial charge in [-0.2, -0.15) is 0 Å². The van der Waals surface area contributed by atoms with Gasteiger partial charge in [-0.15, -0.1) is 0 Å². The highest BCUT2D eigenvalue weighted by Gasteiger charge is 2.11. The molecule has 2 rings (SSSR count). The Morgan fingerprint density at radius 1 is 1.00 bits per heavy atom. The van der Waals surface area contributed by atoms with E-state index in [4.69, 9.17) is 39.5 Å². The second-order valence-electron chi connectivity index (χ2n) is 3.77. The largest absolute Gasteiger partial charge is 0.482 e. The molecule has 0 heterocycles. The average Bonchev–Trinajstić information content (AvgIpc) is 2.38. The molecule has 0 unspecified atom stereocenters. The number of para-hydroxylation sites is 1. The Morgan fingerprint density at radius 3 is 2.26 bits per heavy atom. The number of carbonyl (C=O) groups is 1. The van der Waals surface area contributed by atoms with Gasteiger partial charge in [-0.1, -0.05) is 53.0 Å². The molecule has 0 saturated heterocycles. The second kappa shape index (κ2) is 6.29. The number of ketones is 1. The molecule has 0 atom stereocenters. The van der Waals surface area contributed by atoms with E-state index >= 15 is 0 Å². The Hall–Kier alpha value is -1.22. The van der Waals surface area contributed by atoms with Crippen molar-refractivity contribution in [1.29, 1.82) is 0 Å². The van der Waals surface area contributed by atoms with Crippen LogP contribution >= 0.6 is 34.8 Å². The summed E-state index contributed by atoms with van der Waals surface area (Å²) in [5.74, 6) is 0.111.